The number of thiophene rings is 1. The molecule has 0 unspecified atom stereocenters. The predicted molar refractivity (Wildman–Crippen MR) is 103 cm³/mol. The maximum atomic E-state index is 12.8. The average molecular weight is 377 g/mol. The lowest BCUT2D eigenvalue weighted by Gasteiger charge is -2.31. The monoisotopic (exact) mass is 376 g/mol. The van der Waals surface area contributed by atoms with Crippen LogP contribution in [-0.4, -0.2) is 32.2 Å². The number of aryl methyl sites for hydroxylation is 2. The van der Waals surface area contributed by atoms with Gasteiger partial charge in [0.15, 0.2) is 0 Å². The number of carbonyl (C=O) groups excluding carboxylic acids is 1. The van der Waals surface area contributed by atoms with Gasteiger partial charge in [-0.2, -0.15) is 0 Å². The Morgan fingerprint density at radius 2 is 2.00 bits per heavy atom. The number of hydrogen-bond acceptors (Lipinski definition) is 4. The molecule has 0 spiro atoms. The van der Waals surface area contributed by atoms with Gasteiger partial charge < -0.3 is 15.0 Å². The van der Waals surface area contributed by atoms with Crippen LogP contribution in [-0.2, 0) is 17.6 Å². The Morgan fingerprint density at radius 1 is 1.20 bits per heavy atom. The number of ether oxygens (including phenoxy) is 1. The number of nitrogens with zero attached hydrogens (tertiary/aromatic N) is 1. The minimum absolute atomic E-state index is 0.0452. The van der Waals surface area contributed by atoms with Crippen LogP contribution in [0.1, 0.15) is 33.0 Å². The Hall–Kier alpha value is -1.56. The lowest BCUT2D eigenvalue weighted by Crippen LogP contribution is -2.37. The van der Waals surface area contributed by atoms with Crippen LogP contribution in [0, 0.1) is 0 Å². The van der Waals surface area contributed by atoms with Crippen molar-refractivity contribution in [3.8, 4) is 0 Å². The van der Waals surface area contributed by atoms with Gasteiger partial charge in [0.05, 0.1) is 34.5 Å². The summed E-state index contributed by atoms with van der Waals surface area (Å²) in [6.45, 7) is 2.91. The topological polar surface area (TPSA) is 41.6 Å². The molecule has 1 aromatic heterocycles. The molecule has 1 fully saturated rings. The lowest BCUT2D eigenvalue weighted by molar-refractivity contribution is 0.103. The van der Waals surface area contributed by atoms with Crippen molar-refractivity contribution in [2.45, 2.75) is 25.7 Å². The second kappa shape index (κ2) is 7.36. The Morgan fingerprint density at radius 3 is 2.80 bits per heavy atom. The van der Waals surface area contributed by atoms with E-state index in [1.54, 1.807) is 11.3 Å². The first-order chi connectivity index (χ1) is 12.2. The van der Waals surface area contributed by atoms with Gasteiger partial charge >= 0.3 is 0 Å². The molecule has 1 amide bonds. The Labute approximate surface area is 156 Å². The first-order valence-electron chi connectivity index (χ1n) is 8.76. The second-order valence-electron chi connectivity index (χ2n) is 6.46. The summed E-state index contributed by atoms with van der Waals surface area (Å²) < 4.78 is 5.43. The number of morpholine rings is 1. The summed E-state index contributed by atoms with van der Waals surface area (Å²) in [4.78, 5) is 17.1. The van der Waals surface area contributed by atoms with Crippen molar-refractivity contribution < 1.29 is 9.53 Å². The zero-order chi connectivity index (χ0) is 17.2. The molecule has 0 atom stereocenters. The van der Waals surface area contributed by atoms with Crippen LogP contribution < -0.4 is 10.2 Å². The van der Waals surface area contributed by atoms with Gasteiger partial charge in [-0.1, -0.05) is 17.7 Å². The van der Waals surface area contributed by atoms with E-state index in [0.717, 1.165) is 42.2 Å². The molecule has 1 saturated heterocycles. The third-order valence-electron chi connectivity index (χ3n) is 4.78. The van der Waals surface area contributed by atoms with Gasteiger partial charge in [0.2, 0.25) is 0 Å². The van der Waals surface area contributed by atoms with E-state index in [9.17, 15) is 4.79 Å². The molecule has 1 aliphatic carbocycles. The summed E-state index contributed by atoms with van der Waals surface area (Å²) in [6.07, 6.45) is 4.64. The molecule has 25 heavy (non-hydrogen) atoms. The highest BCUT2D eigenvalue weighted by Crippen LogP contribution is 2.36. The van der Waals surface area contributed by atoms with E-state index in [0.29, 0.717) is 18.2 Å². The molecule has 0 bridgehead atoms. The summed E-state index contributed by atoms with van der Waals surface area (Å²) in [5.74, 6) is -0.0452. The van der Waals surface area contributed by atoms with Crippen molar-refractivity contribution in [3.05, 3.63) is 44.6 Å². The van der Waals surface area contributed by atoms with Crippen molar-refractivity contribution in [2.75, 3.05) is 36.5 Å². The standard InChI is InChI=1S/C19H21ClN2O2S/c20-14-5-3-6-15(18(14)22-8-10-24-11-9-22)21-19(23)17-12-13-4-1-2-7-16(13)25-17/h3,5-6,12H,1-2,4,7-11H2,(H,21,23). The molecule has 6 heteroatoms. The van der Waals surface area contributed by atoms with Crippen LogP contribution in [0.2, 0.25) is 5.02 Å². The normalized spacial score (nSPS) is 17.2. The number of benzene rings is 1. The van der Waals surface area contributed by atoms with Gasteiger partial charge in [-0.15, -0.1) is 11.3 Å². The number of nitrogens with one attached hydrogen (secondary N) is 1. The lowest BCUT2D eigenvalue weighted by atomic mass is 9.99. The molecule has 0 saturated carbocycles. The van der Waals surface area contributed by atoms with Crippen molar-refractivity contribution in [1.82, 2.24) is 0 Å². The third-order valence-corrected chi connectivity index (χ3v) is 6.32. The number of halogens is 1. The van der Waals surface area contributed by atoms with Gasteiger partial charge in [-0.05, 0) is 49.4 Å². The molecule has 132 valence electrons. The SMILES string of the molecule is O=C(Nc1cccc(Cl)c1N1CCOCC1)c1cc2c(s1)CCCC2. The highest BCUT2D eigenvalue weighted by molar-refractivity contribution is 7.14. The van der Waals surface area contributed by atoms with Gasteiger partial charge in [0.25, 0.3) is 5.91 Å². The quantitative estimate of drug-likeness (QED) is 0.864. The Balaban J connectivity index is 1.58. The van der Waals surface area contributed by atoms with Crippen LogP contribution >= 0.6 is 22.9 Å². The smallest absolute Gasteiger partial charge is 0.265 e. The highest BCUT2D eigenvalue weighted by Gasteiger charge is 2.21. The molecule has 2 heterocycles. The van der Waals surface area contributed by atoms with Crippen LogP contribution in [0.4, 0.5) is 11.4 Å². The van der Waals surface area contributed by atoms with Gasteiger partial charge in [0.1, 0.15) is 0 Å². The van der Waals surface area contributed by atoms with E-state index in [1.165, 1.54) is 23.3 Å². The number of amides is 1. The average Bonchev–Trinajstić information content (AvgIpc) is 3.07. The molecule has 1 aromatic carbocycles. The number of hydrogen-bond donors (Lipinski definition) is 1. The van der Waals surface area contributed by atoms with Gasteiger partial charge in [0, 0.05) is 18.0 Å². The fourth-order valence-electron chi connectivity index (χ4n) is 3.51. The van der Waals surface area contributed by atoms with Crippen molar-refractivity contribution in [1.29, 1.82) is 0 Å². The second-order valence-corrected chi connectivity index (χ2v) is 8.00. The minimum Gasteiger partial charge on any atom is -0.378 e. The maximum absolute atomic E-state index is 12.8. The molecule has 2 aromatic rings. The summed E-state index contributed by atoms with van der Waals surface area (Å²) in [6, 6.07) is 7.72. The number of rotatable bonds is 3. The predicted octanol–water partition coefficient (Wildman–Crippen LogP) is 4.37. The highest BCUT2D eigenvalue weighted by atomic mass is 35.5. The fourth-order valence-corrected chi connectivity index (χ4v) is 4.95. The Bertz CT molecular complexity index is 760. The van der Waals surface area contributed by atoms with E-state index in [1.807, 2.05) is 18.2 Å². The molecular weight excluding hydrogens is 356 g/mol. The first-order valence-corrected chi connectivity index (χ1v) is 9.96. The number of para-hydroxylation sites is 1. The van der Waals surface area contributed by atoms with Gasteiger partial charge in [-0.3, -0.25) is 4.79 Å². The Kier molecular flexibility index (Phi) is 4.97. The van der Waals surface area contributed by atoms with E-state index in [2.05, 4.69) is 16.3 Å². The molecular formula is C19H21ClN2O2S. The summed E-state index contributed by atoms with van der Waals surface area (Å²) >= 11 is 8.07. The van der Waals surface area contributed by atoms with Crippen molar-refractivity contribution >= 4 is 40.2 Å². The fraction of sp³-hybridized carbons (Fsp3) is 0.421. The number of carbonyl (C=O) groups is 1. The minimum atomic E-state index is -0.0452. The molecule has 1 aliphatic heterocycles. The molecule has 2 aliphatic rings. The number of anilines is 2. The third kappa shape index (κ3) is 3.54. The molecule has 1 N–H and O–H groups in total. The maximum Gasteiger partial charge on any atom is 0.265 e. The van der Waals surface area contributed by atoms with E-state index >= 15 is 0 Å². The van der Waals surface area contributed by atoms with Crippen LogP contribution in [0.15, 0.2) is 24.3 Å². The first kappa shape index (κ1) is 16.9. The zero-order valence-electron chi connectivity index (χ0n) is 14.0. The van der Waals surface area contributed by atoms with E-state index in [4.69, 9.17) is 16.3 Å². The molecule has 4 rings (SSSR count). The van der Waals surface area contributed by atoms with E-state index in [-0.39, 0.29) is 5.91 Å². The molecule has 0 radical (unpaired) electrons. The summed E-state index contributed by atoms with van der Waals surface area (Å²) in [5, 5.41) is 3.74. The van der Waals surface area contributed by atoms with Crippen LogP contribution in [0.25, 0.3) is 0 Å². The molecule has 4 nitrogen and oxygen atoms in total. The summed E-state index contributed by atoms with van der Waals surface area (Å²) in [5.41, 5.74) is 3.01. The summed E-state index contributed by atoms with van der Waals surface area (Å²) in [7, 11) is 0. The number of fused-ring (bicyclic) bond motifs is 1. The van der Waals surface area contributed by atoms with Crippen molar-refractivity contribution in [3.63, 3.8) is 0 Å². The van der Waals surface area contributed by atoms with Gasteiger partial charge in [-0.25, -0.2) is 0 Å². The van der Waals surface area contributed by atoms with Crippen LogP contribution in [0.5, 0.6) is 0 Å². The largest absolute Gasteiger partial charge is 0.378 e. The van der Waals surface area contributed by atoms with Crippen LogP contribution in [0.3, 0.4) is 0 Å². The zero-order valence-corrected chi connectivity index (χ0v) is 15.6. The van der Waals surface area contributed by atoms with E-state index < -0.39 is 0 Å². The van der Waals surface area contributed by atoms with Crippen molar-refractivity contribution in [2.24, 2.45) is 0 Å².